The van der Waals surface area contributed by atoms with Gasteiger partial charge in [0.15, 0.2) is 11.5 Å². The monoisotopic (exact) mass is 319 g/mol. The number of rotatable bonds is 5. The molecule has 0 atom stereocenters. The second kappa shape index (κ2) is 6.94. The minimum Gasteiger partial charge on any atom is -0.355 e. The lowest BCUT2D eigenvalue weighted by atomic mass is 10.1. The molecule has 1 aliphatic heterocycles. The third-order valence-electron chi connectivity index (χ3n) is 3.78. The number of hydrogen-bond donors (Lipinski definition) is 1. The molecule has 2 aromatic rings. The number of benzene rings is 1. The van der Waals surface area contributed by atoms with Crippen molar-refractivity contribution in [2.24, 2.45) is 0 Å². The second-order valence-electron chi connectivity index (χ2n) is 5.39. The van der Waals surface area contributed by atoms with Crippen LogP contribution in [0.15, 0.2) is 34.9 Å². The molecule has 0 bridgehead atoms. The maximum absolute atomic E-state index is 12.0. The Kier molecular flexibility index (Phi) is 4.75. The maximum atomic E-state index is 12.0. The van der Waals surface area contributed by atoms with Gasteiger partial charge in [-0.15, -0.1) is 0 Å². The van der Waals surface area contributed by atoms with Gasteiger partial charge in [0.1, 0.15) is 0 Å². The molecule has 1 aromatic heterocycles. The van der Waals surface area contributed by atoms with Crippen LogP contribution in [0.25, 0.3) is 11.3 Å². The highest BCUT2D eigenvalue weighted by Gasteiger charge is 2.15. The summed E-state index contributed by atoms with van der Waals surface area (Å²) in [6, 6.07) is 8.86. The molecule has 1 saturated heterocycles. The van der Waals surface area contributed by atoms with E-state index >= 15 is 0 Å². The Morgan fingerprint density at radius 1 is 1.27 bits per heavy atom. The van der Waals surface area contributed by atoms with Crippen molar-refractivity contribution in [1.29, 1.82) is 0 Å². The molecule has 1 aromatic carbocycles. The van der Waals surface area contributed by atoms with Crippen molar-refractivity contribution < 1.29 is 9.32 Å². The number of aromatic nitrogens is 1. The van der Waals surface area contributed by atoms with Gasteiger partial charge in [-0.05, 0) is 50.2 Å². The first-order valence-electron chi connectivity index (χ1n) is 7.45. The average Bonchev–Trinajstić information content (AvgIpc) is 3.19. The van der Waals surface area contributed by atoms with Gasteiger partial charge in [-0.3, -0.25) is 4.79 Å². The summed E-state index contributed by atoms with van der Waals surface area (Å²) >= 11 is 5.85. The number of halogens is 1. The third kappa shape index (κ3) is 3.67. The van der Waals surface area contributed by atoms with Crippen LogP contribution in [0.1, 0.15) is 23.3 Å². The zero-order valence-electron chi connectivity index (χ0n) is 12.2. The van der Waals surface area contributed by atoms with Gasteiger partial charge in [-0.1, -0.05) is 16.8 Å². The molecular weight excluding hydrogens is 302 g/mol. The van der Waals surface area contributed by atoms with Gasteiger partial charge in [0.05, 0.1) is 0 Å². The number of carbonyl (C=O) groups excluding carboxylic acids is 1. The first-order chi connectivity index (χ1) is 10.7. The Balaban J connectivity index is 1.55. The molecule has 6 heteroatoms. The topological polar surface area (TPSA) is 58.4 Å². The van der Waals surface area contributed by atoms with Crippen LogP contribution in [-0.4, -0.2) is 42.1 Å². The van der Waals surface area contributed by atoms with Crippen LogP contribution in [0.3, 0.4) is 0 Å². The molecule has 2 heterocycles. The molecule has 0 spiro atoms. The summed E-state index contributed by atoms with van der Waals surface area (Å²) in [6.07, 6.45) is 2.50. The molecule has 22 heavy (non-hydrogen) atoms. The van der Waals surface area contributed by atoms with Gasteiger partial charge in [0.25, 0.3) is 5.91 Å². The number of nitrogens with one attached hydrogen (secondary N) is 1. The van der Waals surface area contributed by atoms with Crippen LogP contribution < -0.4 is 5.32 Å². The highest BCUT2D eigenvalue weighted by Crippen LogP contribution is 2.22. The van der Waals surface area contributed by atoms with Gasteiger partial charge < -0.3 is 14.7 Å². The predicted octanol–water partition coefficient (Wildman–Crippen LogP) is 2.82. The quantitative estimate of drug-likeness (QED) is 0.920. The van der Waals surface area contributed by atoms with Crippen LogP contribution in [0.4, 0.5) is 0 Å². The summed E-state index contributed by atoms with van der Waals surface area (Å²) in [5, 5.41) is 7.36. The Labute approximate surface area is 134 Å². The van der Waals surface area contributed by atoms with Gasteiger partial charge in [0, 0.05) is 29.7 Å². The molecule has 1 amide bonds. The fraction of sp³-hybridized carbons (Fsp3) is 0.375. The van der Waals surface area contributed by atoms with Crippen molar-refractivity contribution >= 4 is 17.5 Å². The number of hydrogen-bond acceptors (Lipinski definition) is 4. The van der Waals surface area contributed by atoms with Crippen LogP contribution >= 0.6 is 11.6 Å². The lowest BCUT2D eigenvalue weighted by Crippen LogP contribution is -2.33. The molecule has 0 aliphatic carbocycles. The molecule has 0 radical (unpaired) electrons. The normalized spacial score (nSPS) is 15.1. The van der Waals surface area contributed by atoms with Crippen molar-refractivity contribution in [3.8, 4) is 11.3 Å². The van der Waals surface area contributed by atoms with E-state index in [1.807, 2.05) is 12.1 Å². The maximum Gasteiger partial charge on any atom is 0.273 e. The third-order valence-corrected chi connectivity index (χ3v) is 4.04. The Bertz CT molecular complexity index is 633. The fourth-order valence-electron chi connectivity index (χ4n) is 2.56. The van der Waals surface area contributed by atoms with E-state index in [1.54, 1.807) is 18.2 Å². The molecule has 1 aliphatic rings. The Morgan fingerprint density at radius 3 is 2.73 bits per heavy atom. The van der Waals surface area contributed by atoms with E-state index in [4.69, 9.17) is 16.1 Å². The summed E-state index contributed by atoms with van der Waals surface area (Å²) in [7, 11) is 0. The van der Waals surface area contributed by atoms with Gasteiger partial charge >= 0.3 is 0 Å². The largest absolute Gasteiger partial charge is 0.355 e. The van der Waals surface area contributed by atoms with Gasteiger partial charge in [0.2, 0.25) is 0 Å². The lowest BCUT2D eigenvalue weighted by molar-refractivity contribution is 0.0941. The number of likely N-dealkylation sites (tertiary alicyclic amines) is 1. The zero-order chi connectivity index (χ0) is 15.4. The molecule has 0 unspecified atom stereocenters. The predicted molar refractivity (Wildman–Crippen MR) is 85.0 cm³/mol. The number of carbonyl (C=O) groups is 1. The van der Waals surface area contributed by atoms with E-state index in [-0.39, 0.29) is 5.91 Å². The summed E-state index contributed by atoms with van der Waals surface area (Å²) in [5.41, 5.74) is 1.14. The smallest absolute Gasteiger partial charge is 0.273 e. The van der Waals surface area contributed by atoms with Crippen LogP contribution in [0, 0.1) is 0 Å². The van der Waals surface area contributed by atoms with Crippen LogP contribution in [0.5, 0.6) is 0 Å². The number of nitrogens with zero attached hydrogens (tertiary/aromatic N) is 2. The minimum absolute atomic E-state index is 0.205. The first kappa shape index (κ1) is 15.1. The van der Waals surface area contributed by atoms with Crippen molar-refractivity contribution in [2.45, 2.75) is 12.8 Å². The fourth-order valence-corrected chi connectivity index (χ4v) is 2.68. The Morgan fingerprint density at radius 2 is 2.00 bits per heavy atom. The molecule has 5 nitrogen and oxygen atoms in total. The summed E-state index contributed by atoms with van der Waals surface area (Å²) in [5.74, 6) is 0.351. The molecule has 1 N–H and O–H groups in total. The van der Waals surface area contributed by atoms with E-state index in [0.717, 1.165) is 25.2 Å². The minimum atomic E-state index is -0.205. The standard InChI is InChI=1S/C16H18ClN3O2/c17-13-5-3-12(4-6-13)15-11-14(19-22-15)16(21)18-7-10-20-8-1-2-9-20/h3-6,11H,1-2,7-10H2,(H,18,21). The SMILES string of the molecule is O=C(NCCN1CCCC1)c1cc(-c2ccc(Cl)cc2)on1. The highest BCUT2D eigenvalue weighted by atomic mass is 35.5. The first-order valence-corrected chi connectivity index (χ1v) is 7.83. The average molecular weight is 320 g/mol. The lowest BCUT2D eigenvalue weighted by Gasteiger charge is -2.14. The van der Waals surface area contributed by atoms with E-state index < -0.39 is 0 Å². The molecule has 0 saturated carbocycles. The second-order valence-corrected chi connectivity index (χ2v) is 5.82. The van der Waals surface area contributed by atoms with Crippen molar-refractivity contribution in [3.05, 3.63) is 41.0 Å². The molecule has 1 fully saturated rings. The van der Waals surface area contributed by atoms with Crippen molar-refractivity contribution in [1.82, 2.24) is 15.4 Å². The van der Waals surface area contributed by atoms with Crippen LogP contribution in [-0.2, 0) is 0 Å². The van der Waals surface area contributed by atoms with Crippen molar-refractivity contribution in [3.63, 3.8) is 0 Å². The van der Waals surface area contributed by atoms with Gasteiger partial charge in [-0.25, -0.2) is 0 Å². The highest BCUT2D eigenvalue weighted by molar-refractivity contribution is 6.30. The Hall–Kier alpha value is -1.85. The van der Waals surface area contributed by atoms with Crippen LogP contribution in [0.2, 0.25) is 5.02 Å². The molecule has 3 rings (SSSR count). The van der Waals surface area contributed by atoms with E-state index in [1.165, 1.54) is 12.8 Å². The molecular formula is C16H18ClN3O2. The number of amides is 1. The molecule has 116 valence electrons. The van der Waals surface area contributed by atoms with E-state index in [2.05, 4.69) is 15.4 Å². The van der Waals surface area contributed by atoms with E-state index in [0.29, 0.717) is 23.0 Å². The zero-order valence-corrected chi connectivity index (χ0v) is 13.0. The summed E-state index contributed by atoms with van der Waals surface area (Å²) < 4.78 is 5.23. The van der Waals surface area contributed by atoms with Gasteiger partial charge in [-0.2, -0.15) is 0 Å². The van der Waals surface area contributed by atoms with E-state index in [9.17, 15) is 4.79 Å². The summed E-state index contributed by atoms with van der Waals surface area (Å²) in [6.45, 7) is 3.76. The van der Waals surface area contributed by atoms with Crippen molar-refractivity contribution in [2.75, 3.05) is 26.2 Å². The summed E-state index contributed by atoms with van der Waals surface area (Å²) in [4.78, 5) is 14.4.